The molecule has 0 saturated heterocycles. The first-order chi connectivity index (χ1) is 14.0. The number of nitrogens with one attached hydrogen (secondary N) is 2. The molecule has 0 saturated carbocycles. The number of hydrogen-bond donors (Lipinski definition) is 2. The van der Waals surface area contributed by atoms with Crippen LogP contribution in [0.25, 0.3) is 0 Å². The van der Waals surface area contributed by atoms with Gasteiger partial charge in [-0.1, -0.05) is 31.2 Å². The number of anilines is 1. The third-order valence-electron chi connectivity index (χ3n) is 4.58. The van der Waals surface area contributed by atoms with E-state index in [9.17, 15) is 9.59 Å². The fraction of sp³-hybridized carbons (Fsp3) is 0.417. The number of carbonyl (C=O) groups is 2. The third-order valence-corrected chi connectivity index (χ3v) is 4.58. The lowest BCUT2D eigenvalue weighted by Gasteiger charge is -2.10. The zero-order valence-electron chi connectivity index (χ0n) is 17.7. The Bertz CT molecular complexity index is 818. The first kappa shape index (κ1) is 22.5. The Morgan fingerprint density at radius 1 is 0.966 bits per heavy atom. The molecule has 0 aliphatic rings. The summed E-state index contributed by atoms with van der Waals surface area (Å²) in [5.41, 5.74) is 4.03. The number of hydrogen-bond acceptors (Lipinski definition) is 3. The molecule has 0 radical (unpaired) electrons. The van der Waals surface area contributed by atoms with Crippen molar-refractivity contribution >= 4 is 17.5 Å². The third kappa shape index (κ3) is 8.38. The average molecular weight is 397 g/mol. The van der Waals surface area contributed by atoms with E-state index in [0.717, 1.165) is 41.8 Å². The highest BCUT2D eigenvalue weighted by Crippen LogP contribution is 2.19. The topological polar surface area (TPSA) is 67.4 Å². The maximum Gasteiger partial charge on any atom is 0.224 e. The van der Waals surface area contributed by atoms with Crippen LogP contribution in [0.4, 0.5) is 5.69 Å². The molecule has 5 nitrogen and oxygen atoms in total. The summed E-state index contributed by atoms with van der Waals surface area (Å²) in [7, 11) is 0. The highest BCUT2D eigenvalue weighted by Gasteiger charge is 2.05. The summed E-state index contributed by atoms with van der Waals surface area (Å²) in [6.07, 6.45) is 3.41. The van der Waals surface area contributed by atoms with E-state index in [1.54, 1.807) is 0 Å². The molecule has 2 amide bonds. The Morgan fingerprint density at radius 3 is 2.59 bits per heavy atom. The van der Waals surface area contributed by atoms with Gasteiger partial charge < -0.3 is 15.4 Å². The molecule has 0 fully saturated rings. The highest BCUT2D eigenvalue weighted by atomic mass is 16.5. The smallest absolute Gasteiger partial charge is 0.224 e. The molecular weight excluding hydrogens is 364 g/mol. The summed E-state index contributed by atoms with van der Waals surface area (Å²) >= 11 is 0. The second-order valence-corrected chi connectivity index (χ2v) is 7.35. The molecule has 0 aliphatic heterocycles. The largest absolute Gasteiger partial charge is 0.493 e. The van der Waals surface area contributed by atoms with Gasteiger partial charge in [0.2, 0.25) is 11.8 Å². The molecular formula is C24H32N2O3. The predicted octanol–water partition coefficient (Wildman–Crippen LogP) is 4.91. The summed E-state index contributed by atoms with van der Waals surface area (Å²) < 4.78 is 5.82. The minimum absolute atomic E-state index is 0.0109. The van der Waals surface area contributed by atoms with Crippen molar-refractivity contribution in [1.82, 2.24) is 5.32 Å². The summed E-state index contributed by atoms with van der Waals surface area (Å²) in [5, 5.41) is 5.81. The molecule has 2 N–H and O–H groups in total. The van der Waals surface area contributed by atoms with Crippen LogP contribution >= 0.6 is 0 Å². The molecule has 0 atom stereocenters. The first-order valence-electron chi connectivity index (χ1n) is 10.3. The second-order valence-electron chi connectivity index (χ2n) is 7.35. The number of carbonyl (C=O) groups excluding carboxylic acids is 2. The van der Waals surface area contributed by atoms with Gasteiger partial charge in [-0.25, -0.2) is 0 Å². The van der Waals surface area contributed by atoms with Crippen LogP contribution in [-0.2, 0) is 16.1 Å². The van der Waals surface area contributed by atoms with Crippen LogP contribution in [-0.4, -0.2) is 18.4 Å². The molecule has 0 heterocycles. The van der Waals surface area contributed by atoms with Crippen molar-refractivity contribution in [2.75, 3.05) is 11.9 Å². The zero-order chi connectivity index (χ0) is 21.1. The van der Waals surface area contributed by atoms with Crippen molar-refractivity contribution in [2.24, 2.45) is 0 Å². The SMILES string of the molecule is CCCC(=O)Nc1cccc(CNC(=O)CCCCOc2cc(C)ccc2C)c1. The predicted molar refractivity (Wildman–Crippen MR) is 117 cm³/mol. The Balaban J connectivity index is 1.65. The second kappa shape index (κ2) is 11.9. The Kier molecular flexibility index (Phi) is 9.22. The van der Waals surface area contributed by atoms with E-state index in [-0.39, 0.29) is 11.8 Å². The van der Waals surface area contributed by atoms with Gasteiger partial charge >= 0.3 is 0 Å². The fourth-order valence-electron chi connectivity index (χ4n) is 2.93. The number of unbranched alkanes of at least 4 members (excludes halogenated alkanes) is 1. The van der Waals surface area contributed by atoms with Gasteiger partial charge in [0.05, 0.1) is 6.61 Å². The standard InChI is InChI=1S/C24H32N2O3/c1-4-8-24(28)26-21-10-7-9-20(16-21)17-25-23(27)11-5-6-14-29-22-15-18(2)12-13-19(22)3/h7,9-10,12-13,15-16H,4-6,8,11,14,17H2,1-3H3,(H,25,27)(H,26,28). The van der Waals surface area contributed by atoms with E-state index in [1.165, 1.54) is 5.56 Å². The van der Waals surface area contributed by atoms with Crippen LogP contribution in [0.5, 0.6) is 5.75 Å². The molecule has 5 heteroatoms. The Hall–Kier alpha value is -2.82. The number of rotatable bonds is 11. The Labute approximate surface area is 173 Å². The van der Waals surface area contributed by atoms with Crippen LogP contribution in [0.1, 0.15) is 55.7 Å². The maximum absolute atomic E-state index is 12.1. The van der Waals surface area contributed by atoms with E-state index in [0.29, 0.717) is 26.0 Å². The maximum atomic E-state index is 12.1. The number of benzene rings is 2. The molecule has 0 bridgehead atoms. The molecule has 0 unspecified atom stereocenters. The summed E-state index contributed by atoms with van der Waals surface area (Å²) in [4.78, 5) is 23.8. The van der Waals surface area contributed by atoms with Crippen LogP contribution in [0, 0.1) is 13.8 Å². The van der Waals surface area contributed by atoms with E-state index < -0.39 is 0 Å². The van der Waals surface area contributed by atoms with Crippen LogP contribution in [0.2, 0.25) is 0 Å². The van der Waals surface area contributed by atoms with Crippen LogP contribution in [0.15, 0.2) is 42.5 Å². The fourth-order valence-corrected chi connectivity index (χ4v) is 2.93. The van der Waals surface area contributed by atoms with Gasteiger partial charge in [-0.3, -0.25) is 9.59 Å². The Morgan fingerprint density at radius 2 is 1.79 bits per heavy atom. The van der Waals surface area contributed by atoms with Crippen molar-refractivity contribution < 1.29 is 14.3 Å². The molecule has 0 aliphatic carbocycles. The van der Waals surface area contributed by atoms with Crippen LogP contribution in [0.3, 0.4) is 0 Å². The van der Waals surface area contributed by atoms with Gasteiger partial charge in [-0.15, -0.1) is 0 Å². The minimum atomic E-state index is 0.0109. The van der Waals surface area contributed by atoms with Crippen molar-refractivity contribution in [2.45, 2.75) is 59.4 Å². The van der Waals surface area contributed by atoms with Crippen molar-refractivity contribution in [3.05, 3.63) is 59.2 Å². The van der Waals surface area contributed by atoms with Gasteiger partial charge in [0.1, 0.15) is 5.75 Å². The monoisotopic (exact) mass is 396 g/mol. The first-order valence-corrected chi connectivity index (χ1v) is 10.3. The van der Waals surface area contributed by atoms with Crippen molar-refractivity contribution in [1.29, 1.82) is 0 Å². The normalized spacial score (nSPS) is 10.4. The van der Waals surface area contributed by atoms with E-state index in [4.69, 9.17) is 4.74 Å². The summed E-state index contributed by atoms with van der Waals surface area (Å²) in [6, 6.07) is 13.7. The average Bonchev–Trinajstić information content (AvgIpc) is 2.69. The molecule has 156 valence electrons. The lowest BCUT2D eigenvalue weighted by molar-refractivity contribution is -0.121. The van der Waals surface area contributed by atoms with E-state index in [2.05, 4.69) is 22.8 Å². The molecule has 0 aromatic heterocycles. The minimum Gasteiger partial charge on any atom is -0.493 e. The van der Waals surface area contributed by atoms with Gasteiger partial charge in [-0.2, -0.15) is 0 Å². The molecule has 2 rings (SSSR count). The van der Waals surface area contributed by atoms with E-state index >= 15 is 0 Å². The zero-order valence-corrected chi connectivity index (χ0v) is 17.7. The summed E-state index contributed by atoms with van der Waals surface area (Å²) in [6.45, 7) is 7.12. The number of ether oxygens (including phenoxy) is 1. The van der Waals surface area contributed by atoms with Gasteiger partial charge in [0, 0.05) is 25.1 Å². The van der Waals surface area contributed by atoms with Gasteiger partial charge in [0.15, 0.2) is 0 Å². The molecule has 2 aromatic rings. The van der Waals surface area contributed by atoms with Crippen molar-refractivity contribution in [3.63, 3.8) is 0 Å². The lowest BCUT2D eigenvalue weighted by Crippen LogP contribution is -2.22. The molecule has 29 heavy (non-hydrogen) atoms. The van der Waals surface area contributed by atoms with Crippen molar-refractivity contribution in [3.8, 4) is 5.75 Å². The molecule has 2 aromatic carbocycles. The quantitative estimate of drug-likeness (QED) is 0.531. The van der Waals surface area contributed by atoms with Crippen LogP contribution < -0.4 is 15.4 Å². The van der Waals surface area contributed by atoms with Gasteiger partial charge in [0.25, 0.3) is 0 Å². The van der Waals surface area contributed by atoms with Gasteiger partial charge in [-0.05, 0) is 68.0 Å². The van der Waals surface area contributed by atoms with E-state index in [1.807, 2.05) is 51.1 Å². The molecule has 0 spiro atoms. The highest BCUT2D eigenvalue weighted by molar-refractivity contribution is 5.90. The number of amides is 2. The number of aryl methyl sites for hydroxylation is 2. The lowest BCUT2D eigenvalue weighted by atomic mass is 10.1. The summed E-state index contributed by atoms with van der Waals surface area (Å²) in [5.74, 6) is 0.953.